The highest BCUT2D eigenvalue weighted by Gasteiger charge is 2.57. The van der Waals surface area contributed by atoms with Crippen molar-refractivity contribution < 1.29 is 85.7 Å². The normalized spacial score (nSPS) is 25.1. The van der Waals surface area contributed by atoms with Crippen LogP contribution in [0.4, 0.5) is 0 Å². The number of rotatable bonds is 32. The number of hydrogen-bond donors (Lipinski definition) is 0. The maximum atomic E-state index is 12.9. The highest BCUT2D eigenvalue weighted by molar-refractivity contribution is 8.00. The lowest BCUT2D eigenvalue weighted by molar-refractivity contribution is -0.361. The maximum absolute atomic E-state index is 12.9. The molecule has 380 valence electrons. The quantitative estimate of drug-likeness (QED) is 0.0403. The molecule has 0 saturated carbocycles. The van der Waals surface area contributed by atoms with Crippen molar-refractivity contribution in [3.8, 4) is 0 Å². The van der Waals surface area contributed by atoms with Crippen LogP contribution in [0.3, 0.4) is 0 Å². The van der Waals surface area contributed by atoms with Gasteiger partial charge >= 0.3 is 41.8 Å². The van der Waals surface area contributed by atoms with Gasteiger partial charge in [-0.25, -0.2) is 0 Å². The molecule has 0 amide bonds. The van der Waals surface area contributed by atoms with Gasteiger partial charge in [0.05, 0.1) is 6.61 Å². The molecule has 2 rings (SSSR count). The van der Waals surface area contributed by atoms with Crippen molar-refractivity contribution in [1.82, 2.24) is 0 Å². The topological polar surface area (TPSA) is 221 Å². The molecule has 0 aliphatic carbocycles. The van der Waals surface area contributed by atoms with Gasteiger partial charge in [0, 0.05) is 54.4 Å². The first-order valence-electron chi connectivity index (χ1n) is 23.3. The summed E-state index contributed by atoms with van der Waals surface area (Å²) in [6.07, 6.45) is -0.894. The summed E-state index contributed by atoms with van der Waals surface area (Å²) < 4.78 is 64.5. The van der Waals surface area contributed by atoms with Gasteiger partial charge in [0.25, 0.3) is 0 Å². The zero-order valence-electron chi connectivity index (χ0n) is 40.5. The van der Waals surface area contributed by atoms with E-state index in [0.717, 1.165) is 77.4 Å². The molecule has 0 N–H and O–H groups in total. The fraction of sp³-hybridized carbons (Fsp3) is 0.848. The molecule has 2 saturated heterocycles. The Balaban J connectivity index is 2.55. The van der Waals surface area contributed by atoms with E-state index in [1.54, 1.807) is 0 Å². The van der Waals surface area contributed by atoms with Crippen molar-refractivity contribution in [2.75, 3.05) is 42.8 Å². The summed E-state index contributed by atoms with van der Waals surface area (Å²) in [6, 6.07) is 0. The van der Waals surface area contributed by atoms with Crippen molar-refractivity contribution in [2.24, 2.45) is 5.92 Å². The molecule has 0 aromatic heterocycles. The van der Waals surface area contributed by atoms with Crippen LogP contribution in [0.1, 0.15) is 139 Å². The average molecular weight is 981 g/mol. The third kappa shape index (κ3) is 23.7. The van der Waals surface area contributed by atoms with Crippen LogP contribution in [0.2, 0.25) is 0 Å². The fourth-order valence-corrected chi connectivity index (χ4v) is 9.84. The van der Waals surface area contributed by atoms with Crippen LogP contribution in [0.5, 0.6) is 0 Å². The van der Waals surface area contributed by atoms with Gasteiger partial charge in [0.2, 0.25) is 0 Å². The highest BCUT2D eigenvalue weighted by Crippen LogP contribution is 2.36. The summed E-state index contributed by atoms with van der Waals surface area (Å²) in [7, 11) is 0. The predicted molar refractivity (Wildman–Crippen MR) is 244 cm³/mol. The minimum Gasteiger partial charge on any atom is -0.463 e. The number of ether oxygens (including phenoxy) is 11. The van der Waals surface area contributed by atoms with E-state index in [4.69, 9.17) is 52.1 Å². The number of esters is 7. The zero-order chi connectivity index (χ0) is 49.0. The minimum absolute atomic E-state index is 0.0486. The van der Waals surface area contributed by atoms with Gasteiger partial charge in [-0.05, 0) is 35.9 Å². The van der Waals surface area contributed by atoms with E-state index >= 15 is 0 Å². The Morgan fingerprint density at radius 2 is 0.803 bits per heavy atom. The number of carbonyl (C=O) groups is 7. The summed E-state index contributed by atoms with van der Waals surface area (Å²) in [4.78, 5) is 87.4. The summed E-state index contributed by atoms with van der Waals surface area (Å²) in [5.41, 5.74) is 0. The van der Waals surface area contributed by atoms with Gasteiger partial charge in [-0.2, -0.15) is 23.5 Å². The van der Waals surface area contributed by atoms with E-state index in [2.05, 4.69) is 13.8 Å². The molecule has 2 aliphatic rings. The molecular formula is C46H76O18S2. The molecule has 0 unspecified atom stereocenters. The number of hydrogen-bond acceptors (Lipinski definition) is 20. The van der Waals surface area contributed by atoms with Crippen molar-refractivity contribution in [3.63, 3.8) is 0 Å². The Bertz CT molecular complexity index is 1460. The number of thioether (sulfide) groups is 2. The summed E-state index contributed by atoms with van der Waals surface area (Å²) in [5.74, 6) is -2.00. The lowest BCUT2D eigenvalue weighted by Crippen LogP contribution is -2.67. The number of carbonyl (C=O) groups excluding carboxylic acids is 7. The van der Waals surface area contributed by atoms with Crippen molar-refractivity contribution in [3.05, 3.63) is 0 Å². The first-order valence-corrected chi connectivity index (χ1v) is 25.6. The number of unbranched alkanes of at least 4 members (excludes halogenated alkanes) is 10. The van der Waals surface area contributed by atoms with E-state index in [-0.39, 0.29) is 12.5 Å². The first-order chi connectivity index (χ1) is 31.5. The van der Waals surface area contributed by atoms with Gasteiger partial charge in [-0.15, -0.1) is 0 Å². The van der Waals surface area contributed by atoms with Crippen LogP contribution in [0, 0.1) is 5.92 Å². The molecular weight excluding hydrogens is 905 g/mol. The fourth-order valence-electron chi connectivity index (χ4n) is 7.45. The Morgan fingerprint density at radius 3 is 1.24 bits per heavy atom. The lowest BCUT2D eigenvalue weighted by atomic mass is 9.96. The van der Waals surface area contributed by atoms with Crippen LogP contribution < -0.4 is 0 Å². The monoisotopic (exact) mass is 980 g/mol. The van der Waals surface area contributed by atoms with Crippen LogP contribution in [0.15, 0.2) is 0 Å². The summed E-state index contributed by atoms with van der Waals surface area (Å²) in [6.45, 7) is 11.3. The Labute approximate surface area is 399 Å². The molecule has 0 aromatic rings. The van der Waals surface area contributed by atoms with E-state index in [0.29, 0.717) is 0 Å². The van der Waals surface area contributed by atoms with Gasteiger partial charge in [0.1, 0.15) is 31.5 Å². The first kappa shape index (κ1) is 59.0. The third-order valence-electron chi connectivity index (χ3n) is 10.4. The van der Waals surface area contributed by atoms with E-state index < -0.39 is 116 Å². The molecule has 18 nitrogen and oxygen atoms in total. The molecule has 2 aliphatic heterocycles. The molecule has 0 aromatic carbocycles. The van der Waals surface area contributed by atoms with E-state index in [1.807, 2.05) is 23.5 Å². The van der Waals surface area contributed by atoms with Crippen molar-refractivity contribution in [2.45, 2.75) is 201 Å². The van der Waals surface area contributed by atoms with Crippen LogP contribution in [0.25, 0.3) is 0 Å². The molecule has 2 fully saturated rings. The van der Waals surface area contributed by atoms with Crippen molar-refractivity contribution in [1.29, 1.82) is 0 Å². The second kappa shape index (κ2) is 33.3. The molecule has 2 heterocycles. The van der Waals surface area contributed by atoms with Gasteiger partial charge < -0.3 is 52.1 Å². The predicted octanol–water partition coefficient (Wildman–Crippen LogP) is 6.43. The second-order valence-electron chi connectivity index (χ2n) is 16.5. The smallest absolute Gasteiger partial charge is 0.303 e. The molecule has 0 bridgehead atoms. The summed E-state index contributed by atoms with van der Waals surface area (Å²) in [5, 5.41) is 0. The van der Waals surface area contributed by atoms with Crippen LogP contribution in [-0.4, -0.2) is 146 Å². The molecule has 10 atom stereocenters. The minimum atomic E-state index is -1.77. The molecule has 20 heteroatoms. The maximum Gasteiger partial charge on any atom is 0.303 e. The van der Waals surface area contributed by atoms with E-state index in [1.165, 1.54) is 71.1 Å². The van der Waals surface area contributed by atoms with Gasteiger partial charge in [0.15, 0.2) is 43.1 Å². The lowest BCUT2D eigenvalue weighted by Gasteiger charge is -2.48. The average Bonchev–Trinajstić information content (AvgIpc) is 3.23. The zero-order valence-corrected chi connectivity index (χ0v) is 42.1. The van der Waals surface area contributed by atoms with Gasteiger partial charge in [-0.3, -0.25) is 33.6 Å². The van der Waals surface area contributed by atoms with Gasteiger partial charge in [-0.1, -0.05) is 78.1 Å². The second-order valence-corrected chi connectivity index (χ2v) is 18.8. The standard InChI is InChI=1S/C46H76O18S2/c1-10-12-14-16-18-20-22-65-27-36(28-66-23-21-19-17-15-13-11-2)24-56-45-43(60-34(8)52)42(59-33(7)51)40(38(62-45)26-55-30(4)48)64-46-44(61-35(9)53)41(58-32(6)50)39(57-31(5)49)37(63-46)25-54-29(3)47/h36-46H,10-28H2,1-9H3/t37-,38-,39+,40-,41+,42+,43-,44-,45+,46+/m1/s1. The van der Waals surface area contributed by atoms with Crippen LogP contribution >= 0.6 is 23.5 Å². The third-order valence-corrected chi connectivity index (χ3v) is 12.9. The molecule has 66 heavy (non-hydrogen) atoms. The Kier molecular flexibility index (Phi) is 29.8. The highest BCUT2D eigenvalue weighted by atomic mass is 32.2. The Morgan fingerprint density at radius 1 is 0.439 bits per heavy atom. The summed E-state index contributed by atoms with van der Waals surface area (Å²) >= 11 is 3.71. The van der Waals surface area contributed by atoms with E-state index in [9.17, 15) is 33.6 Å². The molecule has 0 spiro atoms. The van der Waals surface area contributed by atoms with Crippen molar-refractivity contribution >= 4 is 65.3 Å². The van der Waals surface area contributed by atoms with Crippen LogP contribution in [-0.2, 0) is 85.7 Å². The molecule has 0 radical (unpaired) electrons. The Hall–Kier alpha value is -3.17. The largest absolute Gasteiger partial charge is 0.463 e. The SMILES string of the molecule is CCCCCCCCSCC(CO[C@H]1O[C@H](COC(C)=O)[C@@H](O[C@@H]2O[C@H](COC(C)=O)[C@H](OC(C)=O)[C@H](OC(C)=O)[C@H]2OC(C)=O)[C@H](OC(C)=O)[C@H]1OC(C)=O)CSCCCCCCCC.